The molecular formula is C14H15IN2. The number of nitrogens with zero attached hydrogens (tertiary/aromatic N) is 1. The van der Waals surface area contributed by atoms with Gasteiger partial charge in [-0.1, -0.05) is 12.1 Å². The molecule has 2 N–H and O–H groups in total. The zero-order chi connectivity index (χ0) is 12.3. The molecule has 1 atom stereocenters. The number of benzene rings is 1. The fourth-order valence-corrected chi connectivity index (χ4v) is 2.15. The summed E-state index contributed by atoms with van der Waals surface area (Å²) in [6.45, 7) is 1.99. The third kappa shape index (κ3) is 3.51. The van der Waals surface area contributed by atoms with Gasteiger partial charge in [-0.05, 0) is 71.3 Å². The van der Waals surface area contributed by atoms with E-state index in [0.29, 0.717) is 0 Å². The molecule has 3 heteroatoms. The highest BCUT2D eigenvalue weighted by Crippen LogP contribution is 2.17. The molecule has 88 valence electrons. The van der Waals surface area contributed by atoms with Gasteiger partial charge in [0, 0.05) is 21.5 Å². The molecule has 0 fully saturated rings. The van der Waals surface area contributed by atoms with Crippen LogP contribution in [0.1, 0.15) is 22.9 Å². The minimum atomic E-state index is 0.0387. The largest absolute Gasteiger partial charge is 0.324 e. The Kier molecular flexibility index (Phi) is 4.12. The second kappa shape index (κ2) is 5.60. The fourth-order valence-electron chi connectivity index (χ4n) is 1.79. The second-order valence-corrected chi connectivity index (χ2v) is 5.41. The van der Waals surface area contributed by atoms with Crippen molar-refractivity contribution >= 4 is 22.6 Å². The standard InChI is InChI=1S/C14H15IN2/c1-10-8-12(6-7-17-10)14(16)9-11-2-4-13(15)5-3-11/h2-8,14H,9,16H2,1H3. The van der Waals surface area contributed by atoms with Gasteiger partial charge in [0.05, 0.1) is 0 Å². The Morgan fingerprint density at radius 3 is 2.59 bits per heavy atom. The van der Waals surface area contributed by atoms with E-state index in [-0.39, 0.29) is 6.04 Å². The smallest absolute Gasteiger partial charge is 0.0375 e. The molecule has 0 saturated heterocycles. The number of pyridine rings is 1. The van der Waals surface area contributed by atoms with Crippen molar-refractivity contribution in [2.24, 2.45) is 5.73 Å². The lowest BCUT2D eigenvalue weighted by Crippen LogP contribution is -2.13. The third-order valence-electron chi connectivity index (χ3n) is 2.72. The highest BCUT2D eigenvalue weighted by Gasteiger charge is 2.07. The maximum Gasteiger partial charge on any atom is 0.0375 e. The first-order valence-electron chi connectivity index (χ1n) is 5.58. The summed E-state index contributed by atoms with van der Waals surface area (Å²) in [5.41, 5.74) is 9.64. The van der Waals surface area contributed by atoms with Crippen molar-refractivity contribution in [3.8, 4) is 0 Å². The van der Waals surface area contributed by atoms with Gasteiger partial charge in [-0.3, -0.25) is 4.98 Å². The summed E-state index contributed by atoms with van der Waals surface area (Å²) in [5, 5.41) is 0. The van der Waals surface area contributed by atoms with Crippen molar-refractivity contribution in [2.45, 2.75) is 19.4 Å². The van der Waals surface area contributed by atoms with Crippen LogP contribution in [0.4, 0.5) is 0 Å². The predicted molar refractivity (Wildman–Crippen MR) is 78.8 cm³/mol. The summed E-state index contributed by atoms with van der Waals surface area (Å²) in [6, 6.07) is 12.6. The summed E-state index contributed by atoms with van der Waals surface area (Å²) >= 11 is 2.31. The van der Waals surface area contributed by atoms with E-state index >= 15 is 0 Å². The Labute approximate surface area is 115 Å². The van der Waals surface area contributed by atoms with Crippen molar-refractivity contribution in [3.63, 3.8) is 0 Å². The van der Waals surface area contributed by atoms with Crippen LogP contribution in [-0.2, 0) is 6.42 Å². The van der Waals surface area contributed by atoms with Crippen LogP contribution in [0.2, 0.25) is 0 Å². The lowest BCUT2D eigenvalue weighted by atomic mass is 10.0. The van der Waals surface area contributed by atoms with Gasteiger partial charge in [0.15, 0.2) is 0 Å². The zero-order valence-electron chi connectivity index (χ0n) is 9.73. The van der Waals surface area contributed by atoms with E-state index < -0.39 is 0 Å². The zero-order valence-corrected chi connectivity index (χ0v) is 11.9. The van der Waals surface area contributed by atoms with Gasteiger partial charge in [0.25, 0.3) is 0 Å². The van der Waals surface area contributed by atoms with Crippen LogP contribution >= 0.6 is 22.6 Å². The quantitative estimate of drug-likeness (QED) is 0.873. The van der Waals surface area contributed by atoms with Gasteiger partial charge in [0.1, 0.15) is 0 Å². The normalized spacial score (nSPS) is 12.4. The molecule has 0 aliphatic heterocycles. The minimum absolute atomic E-state index is 0.0387. The first kappa shape index (κ1) is 12.5. The molecule has 1 aromatic carbocycles. The number of halogens is 1. The molecule has 0 radical (unpaired) electrons. The maximum absolute atomic E-state index is 6.20. The van der Waals surface area contributed by atoms with E-state index in [1.807, 2.05) is 19.2 Å². The highest BCUT2D eigenvalue weighted by atomic mass is 127. The van der Waals surface area contributed by atoms with Crippen molar-refractivity contribution in [1.29, 1.82) is 0 Å². The van der Waals surface area contributed by atoms with Crippen LogP contribution in [0.15, 0.2) is 42.6 Å². The van der Waals surface area contributed by atoms with Crippen LogP contribution < -0.4 is 5.73 Å². The Morgan fingerprint density at radius 1 is 1.24 bits per heavy atom. The average Bonchev–Trinajstić information content (AvgIpc) is 2.32. The van der Waals surface area contributed by atoms with Crippen LogP contribution in [-0.4, -0.2) is 4.98 Å². The molecule has 17 heavy (non-hydrogen) atoms. The highest BCUT2D eigenvalue weighted by molar-refractivity contribution is 14.1. The monoisotopic (exact) mass is 338 g/mol. The third-order valence-corrected chi connectivity index (χ3v) is 3.44. The number of aryl methyl sites for hydroxylation is 1. The molecule has 0 saturated carbocycles. The van der Waals surface area contributed by atoms with E-state index in [1.165, 1.54) is 9.13 Å². The van der Waals surface area contributed by atoms with Gasteiger partial charge in [0.2, 0.25) is 0 Å². The second-order valence-electron chi connectivity index (χ2n) is 4.17. The van der Waals surface area contributed by atoms with Crippen molar-refractivity contribution < 1.29 is 0 Å². The molecule has 0 bridgehead atoms. The molecule has 2 aromatic rings. The van der Waals surface area contributed by atoms with E-state index in [9.17, 15) is 0 Å². The first-order chi connectivity index (χ1) is 8.15. The maximum atomic E-state index is 6.20. The molecule has 1 heterocycles. The lowest BCUT2D eigenvalue weighted by Gasteiger charge is -2.12. The van der Waals surface area contributed by atoms with E-state index in [1.54, 1.807) is 0 Å². The van der Waals surface area contributed by atoms with Gasteiger partial charge in [-0.25, -0.2) is 0 Å². The molecule has 0 aliphatic rings. The molecule has 0 amide bonds. The van der Waals surface area contributed by atoms with Crippen LogP contribution in [0.5, 0.6) is 0 Å². The van der Waals surface area contributed by atoms with Crippen LogP contribution in [0.3, 0.4) is 0 Å². The first-order valence-corrected chi connectivity index (χ1v) is 6.65. The van der Waals surface area contributed by atoms with Crippen molar-refractivity contribution in [2.75, 3.05) is 0 Å². The Bertz CT molecular complexity index is 494. The van der Waals surface area contributed by atoms with Gasteiger partial charge >= 0.3 is 0 Å². The Balaban J connectivity index is 2.11. The molecule has 2 rings (SSSR count). The fraction of sp³-hybridized carbons (Fsp3) is 0.214. The Hall–Kier alpha value is -0.940. The van der Waals surface area contributed by atoms with Gasteiger partial charge < -0.3 is 5.73 Å². The average molecular weight is 338 g/mol. The molecule has 0 spiro atoms. The summed E-state index contributed by atoms with van der Waals surface area (Å²) in [4.78, 5) is 4.18. The topological polar surface area (TPSA) is 38.9 Å². The summed E-state index contributed by atoms with van der Waals surface area (Å²) in [7, 11) is 0. The van der Waals surface area contributed by atoms with E-state index in [0.717, 1.165) is 17.7 Å². The molecule has 0 aliphatic carbocycles. The van der Waals surface area contributed by atoms with Crippen molar-refractivity contribution in [3.05, 3.63) is 63.0 Å². The summed E-state index contributed by atoms with van der Waals surface area (Å²) < 4.78 is 1.25. The number of aromatic nitrogens is 1. The lowest BCUT2D eigenvalue weighted by molar-refractivity contribution is 0.719. The molecular weight excluding hydrogens is 323 g/mol. The molecule has 2 nitrogen and oxygen atoms in total. The van der Waals surface area contributed by atoms with E-state index in [4.69, 9.17) is 5.73 Å². The summed E-state index contributed by atoms with van der Waals surface area (Å²) in [6.07, 6.45) is 2.68. The predicted octanol–water partition coefficient (Wildman–Crippen LogP) is 3.24. The van der Waals surface area contributed by atoms with E-state index in [2.05, 4.69) is 57.9 Å². The van der Waals surface area contributed by atoms with Crippen LogP contribution in [0, 0.1) is 10.5 Å². The van der Waals surface area contributed by atoms with Gasteiger partial charge in [-0.15, -0.1) is 0 Å². The van der Waals surface area contributed by atoms with Crippen LogP contribution in [0.25, 0.3) is 0 Å². The molecule has 1 aromatic heterocycles. The SMILES string of the molecule is Cc1cc(C(N)Cc2ccc(I)cc2)ccn1. The molecule has 1 unspecified atom stereocenters. The summed E-state index contributed by atoms with van der Waals surface area (Å²) in [5.74, 6) is 0. The van der Waals surface area contributed by atoms with Gasteiger partial charge in [-0.2, -0.15) is 0 Å². The van der Waals surface area contributed by atoms with Crippen molar-refractivity contribution in [1.82, 2.24) is 4.98 Å². The Morgan fingerprint density at radius 2 is 1.94 bits per heavy atom. The number of rotatable bonds is 3. The number of nitrogens with two attached hydrogens (primary N) is 1. The number of hydrogen-bond donors (Lipinski definition) is 1. The minimum Gasteiger partial charge on any atom is -0.324 e. The number of hydrogen-bond acceptors (Lipinski definition) is 2.